The van der Waals surface area contributed by atoms with Gasteiger partial charge in [0, 0.05) is 23.2 Å². The maximum Gasteiger partial charge on any atom is 0.248 e. The van der Waals surface area contributed by atoms with Crippen LogP contribution in [0.1, 0.15) is 28.4 Å². The van der Waals surface area contributed by atoms with Crippen molar-refractivity contribution in [1.82, 2.24) is 0 Å². The molecule has 2 aromatic rings. The monoisotopic (exact) mass is 268 g/mol. The van der Waals surface area contributed by atoms with Gasteiger partial charge in [0.1, 0.15) is 5.75 Å². The first-order valence-electron chi connectivity index (χ1n) is 6.62. The van der Waals surface area contributed by atoms with Gasteiger partial charge in [0.2, 0.25) is 5.91 Å². The molecule has 1 amide bonds. The fraction of sp³-hybridized carbons (Fsp3) is 0.188. The number of primary amides is 1. The topological polar surface area (TPSA) is 64.4 Å². The number of ether oxygens (including phenoxy) is 1. The molecule has 20 heavy (non-hydrogen) atoms. The molecule has 2 aromatic carbocycles. The molecule has 0 saturated heterocycles. The van der Waals surface area contributed by atoms with Crippen molar-refractivity contribution in [2.24, 2.45) is 5.73 Å². The fourth-order valence-electron chi connectivity index (χ4n) is 2.46. The summed E-state index contributed by atoms with van der Waals surface area (Å²) in [6.07, 6.45) is 0.887. The Kier molecular flexibility index (Phi) is 3.29. The van der Waals surface area contributed by atoms with Gasteiger partial charge in [0.15, 0.2) is 0 Å². The summed E-state index contributed by atoms with van der Waals surface area (Å²) in [4.78, 5) is 11.2. The normalized spacial score (nSPS) is 16.9. The highest BCUT2D eigenvalue weighted by atomic mass is 16.5. The van der Waals surface area contributed by atoms with E-state index in [0.29, 0.717) is 12.2 Å². The summed E-state index contributed by atoms with van der Waals surface area (Å²) in [7, 11) is 0. The molecule has 0 aliphatic carbocycles. The SMILES string of the molecule is NC(=O)c1cccc(NC2CCOc3ccccc32)c1. The summed E-state index contributed by atoms with van der Waals surface area (Å²) in [5.41, 5.74) is 7.85. The molecule has 1 aliphatic heterocycles. The molecule has 3 N–H and O–H groups in total. The molecule has 0 radical (unpaired) electrons. The van der Waals surface area contributed by atoms with Gasteiger partial charge in [0.05, 0.1) is 12.6 Å². The molecular formula is C16H16N2O2. The Bertz CT molecular complexity index is 640. The van der Waals surface area contributed by atoms with Crippen LogP contribution in [0.2, 0.25) is 0 Å². The Balaban J connectivity index is 1.85. The van der Waals surface area contributed by atoms with Crippen LogP contribution >= 0.6 is 0 Å². The average molecular weight is 268 g/mol. The van der Waals surface area contributed by atoms with Crippen molar-refractivity contribution in [2.45, 2.75) is 12.5 Å². The summed E-state index contributed by atoms with van der Waals surface area (Å²) in [6.45, 7) is 0.685. The lowest BCUT2D eigenvalue weighted by Gasteiger charge is -2.27. The lowest BCUT2D eigenvalue weighted by molar-refractivity contribution is 0.100. The summed E-state index contributed by atoms with van der Waals surface area (Å²) in [6, 6.07) is 15.4. The van der Waals surface area contributed by atoms with Crippen molar-refractivity contribution in [3.63, 3.8) is 0 Å². The van der Waals surface area contributed by atoms with Crippen LogP contribution < -0.4 is 15.8 Å². The van der Waals surface area contributed by atoms with E-state index < -0.39 is 5.91 Å². The second-order valence-corrected chi connectivity index (χ2v) is 4.82. The number of amides is 1. The van der Waals surface area contributed by atoms with Crippen LogP contribution in [0.15, 0.2) is 48.5 Å². The minimum Gasteiger partial charge on any atom is -0.493 e. The Morgan fingerprint density at radius 1 is 1.20 bits per heavy atom. The van der Waals surface area contributed by atoms with E-state index in [1.54, 1.807) is 12.1 Å². The lowest BCUT2D eigenvalue weighted by atomic mass is 10.00. The van der Waals surface area contributed by atoms with Crippen LogP contribution in [0.4, 0.5) is 5.69 Å². The lowest BCUT2D eigenvalue weighted by Crippen LogP contribution is -2.20. The molecule has 3 rings (SSSR count). The average Bonchev–Trinajstić information content (AvgIpc) is 2.48. The van der Waals surface area contributed by atoms with Crippen LogP contribution in [0.5, 0.6) is 5.75 Å². The van der Waals surface area contributed by atoms with E-state index in [1.165, 1.54) is 0 Å². The van der Waals surface area contributed by atoms with Crippen LogP contribution in [-0.4, -0.2) is 12.5 Å². The van der Waals surface area contributed by atoms with Gasteiger partial charge in [-0.15, -0.1) is 0 Å². The highest BCUT2D eigenvalue weighted by molar-refractivity contribution is 5.93. The minimum absolute atomic E-state index is 0.183. The Hall–Kier alpha value is -2.49. The van der Waals surface area contributed by atoms with E-state index in [2.05, 4.69) is 11.4 Å². The van der Waals surface area contributed by atoms with Crippen LogP contribution in [-0.2, 0) is 0 Å². The first-order valence-corrected chi connectivity index (χ1v) is 6.62. The minimum atomic E-state index is -0.416. The van der Waals surface area contributed by atoms with Gasteiger partial charge in [-0.3, -0.25) is 4.79 Å². The Morgan fingerprint density at radius 3 is 2.90 bits per heavy atom. The van der Waals surface area contributed by atoms with Gasteiger partial charge in [-0.1, -0.05) is 24.3 Å². The number of anilines is 1. The zero-order chi connectivity index (χ0) is 13.9. The number of hydrogen-bond acceptors (Lipinski definition) is 3. The molecule has 1 aliphatic rings. The van der Waals surface area contributed by atoms with Crippen molar-refractivity contribution in [3.8, 4) is 5.75 Å². The standard InChI is InChI=1S/C16H16N2O2/c17-16(19)11-4-3-5-12(10-11)18-14-8-9-20-15-7-2-1-6-13(14)15/h1-7,10,14,18H,8-9H2,(H2,17,19). The van der Waals surface area contributed by atoms with Crippen molar-refractivity contribution < 1.29 is 9.53 Å². The largest absolute Gasteiger partial charge is 0.493 e. The van der Waals surface area contributed by atoms with Gasteiger partial charge in [-0.05, 0) is 24.3 Å². The zero-order valence-electron chi connectivity index (χ0n) is 11.0. The van der Waals surface area contributed by atoms with Gasteiger partial charge in [-0.2, -0.15) is 0 Å². The molecule has 1 unspecified atom stereocenters. The van der Waals surface area contributed by atoms with Gasteiger partial charge < -0.3 is 15.8 Å². The first-order chi connectivity index (χ1) is 9.74. The molecule has 4 heteroatoms. The molecular weight excluding hydrogens is 252 g/mol. The summed E-state index contributed by atoms with van der Waals surface area (Å²) >= 11 is 0. The number of carbonyl (C=O) groups is 1. The highest BCUT2D eigenvalue weighted by Gasteiger charge is 2.20. The van der Waals surface area contributed by atoms with Crippen molar-refractivity contribution in [3.05, 3.63) is 59.7 Å². The molecule has 1 atom stereocenters. The van der Waals surface area contributed by atoms with Crippen molar-refractivity contribution in [1.29, 1.82) is 0 Å². The molecule has 0 bridgehead atoms. The summed E-state index contributed by atoms with van der Waals surface area (Å²) < 4.78 is 5.64. The van der Waals surface area contributed by atoms with Gasteiger partial charge in [0.25, 0.3) is 0 Å². The van der Waals surface area contributed by atoms with Crippen LogP contribution in [0, 0.1) is 0 Å². The number of para-hydroxylation sites is 1. The number of benzene rings is 2. The number of nitrogens with two attached hydrogens (primary N) is 1. The number of hydrogen-bond donors (Lipinski definition) is 2. The molecule has 102 valence electrons. The second kappa shape index (κ2) is 5.25. The summed E-state index contributed by atoms with van der Waals surface area (Å²) in [5, 5.41) is 3.44. The first kappa shape index (κ1) is 12.5. The smallest absolute Gasteiger partial charge is 0.248 e. The molecule has 0 spiro atoms. The fourth-order valence-corrected chi connectivity index (χ4v) is 2.46. The van der Waals surface area contributed by atoms with E-state index in [0.717, 1.165) is 23.4 Å². The maximum absolute atomic E-state index is 11.2. The third kappa shape index (κ3) is 2.45. The van der Waals surface area contributed by atoms with E-state index in [-0.39, 0.29) is 6.04 Å². The van der Waals surface area contributed by atoms with Crippen molar-refractivity contribution in [2.75, 3.05) is 11.9 Å². The molecule has 0 aromatic heterocycles. The molecule has 1 heterocycles. The number of carbonyl (C=O) groups excluding carboxylic acids is 1. The predicted octanol–water partition coefficient (Wildman–Crippen LogP) is 2.72. The molecule has 4 nitrogen and oxygen atoms in total. The van der Waals surface area contributed by atoms with Gasteiger partial charge >= 0.3 is 0 Å². The van der Waals surface area contributed by atoms with Crippen molar-refractivity contribution >= 4 is 11.6 Å². The maximum atomic E-state index is 11.2. The number of fused-ring (bicyclic) bond motifs is 1. The third-order valence-corrected chi connectivity index (χ3v) is 3.45. The quantitative estimate of drug-likeness (QED) is 0.899. The van der Waals surface area contributed by atoms with E-state index in [1.807, 2.05) is 30.3 Å². The zero-order valence-corrected chi connectivity index (χ0v) is 11.0. The number of rotatable bonds is 3. The second-order valence-electron chi connectivity index (χ2n) is 4.82. The third-order valence-electron chi connectivity index (χ3n) is 3.45. The summed E-state index contributed by atoms with van der Waals surface area (Å²) in [5.74, 6) is 0.503. The van der Waals surface area contributed by atoms with Crippen LogP contribution in [0.25, 0.3) is 0 Å². The Morgan fingerprint density at radius 2 is 2.05 bits per heavy atom. The predicted molar refractivity (Wildman–Crippen MR) is 77.9 cm³/mol. The van der Waals surface area contributed by atoms with E-state index in [9.17, 15) is 4.79 Å². The van der Waals surface area contributed by atoms with E-state index in [4.69, 9.17) is 10.5 Å². The molecule has 0 fully saturated rings. The van der Waals surface area contributed by atoms with Gasteiger partial charge in [-0.25, -0.2) is 0 Å². The Labute approximate surface area is 117 Å². The van der Waals surface area contributed by atoms with E-state index >= 15 is 0 Å². The molecule has 0 saturated carbocycles. The van der Waals surface area contributed by atoms with Crippen LogP contribution in [0.3, 0.4) is 0 Å². The highest BCUT2D eigenvalue weighted by Crippen LogP contribution is 2.34. The number of nitrogens with one attached hydrogen (secondary N) is 1.